The minimum absolute atomic E-state index is 0.0452. The second kappa shape index (κ2) is 8.86. The van der Waals surface area contributed by atoms with Gasteiger partial charge in [-0.15, -0.1) is 0 Å². The van der Waals surface area contributed by atoms with Crippen molar-refractivity contribution in [2.45, 2.75) is 37.8 Å². The van der Waals surface area contributed by atoms with Crippen molar-refractivity contribution in [2.24, 2.45) is 0 Å². The number of fused-ring (bicyclic) bond motifs is 2. The molecule has 1 amide bonds. The highest BCUT2D eigenvalue weighted by atomic mass is 16.5. The maximum Gasteiger partial charge on any atom is 0.338 e. The second-order valence-electron chi connectivity index (χ2n) is 8.30. The molecule has 7 nitrogen and oxygen atoms in total. The van der Waals surface area contributed by atoms with Gasteiger partial charge >= 0.3 is 5.97 Å². The molecule has 2 heterocycles. The molecule has 4 aromatic rings. The quantitative estimate of drug-likeness (QED) is 0.456. The van der Waals surface area contributed by atoms with E-state index in [-0.39, 0.29) is 35.3 Å². The van der Waals surface area contributed by atoms with E-state index in [2.05, 4.69) is 15.3 Å². The third kappa shape index (κ3) is 4.35. The molecule has 0 unspecified atom stereocenters. The Morgan fingerprint density at radius 2 is 1.64 bits per heavy atom. The monoisotopic (exact) mass is 441 g/mol. The van der Waals surface area contributed by atoms with Crippen molar-refractivity contribution in [1.29, 1.82) is 0 Å². The Labute approximate surface area is 190 Å². The van der Waals surface area contributed by atoms with Gasteiger partial charge in [0.2, 0.25) is 0 Å². The Morgan fingerprint density at radius 3 is 2.45 bits per heavy atom. The number of carbonyl (C=O) groups is 2. The largest absolute Gasteiger partial charge is 0.505 e. The van der Waals surface area contributed by atoms with Gasteiger partial charge in [0.05, 0.1) is 16.6 Å². The summed E-state index contributed by atoms with van der Waals surface area (Å²) in [5, 5.41) is 15.2. The highest BCUT2D eigenvalue weighted by Gasteiger charge is 2.26. The van der Waals surface area contributed by atoms with E-state index in [1.165, 1.54) is 0 Å². The first-order valence-corrected chi connectivity index (χ1v) is 11.0. The molecule has 2 N–H and O–H groups in total. The Kier molecular flexibility index (Phi) is 5.60. The van der Waals surface area contributed by atoms with Gasteiger partial charge in [-0.1, -0.05) is 24.3 Å². The number of hydrogen-bond acceptors (Lipinski definition) is 6. The summed E-state index contributed by atoms with van der Waals surface area (Å²) < 4.78 is 5.70. The van der Waals surface area contributed by atoms with Gasteiger partial charge in [-0.2, -0.15) is 0 Å². The van der Waals surface area contributed by atoms with Crippen LogP contribution in [0.4, 0.5) is 0 Å². The van der Waals surface area contributed by atoms with Crippen LogP contribution in [0.5, 0.6) is 5.75 Å². The van der Waals surface area contributed by atoms with Crippen molar-refractivity contribution in [1.82, 2.24) is 15.3 Å². The molecule has 0 spiro atoms. The number of nitrogens with zero attached hydrogens (tertiary/aromatic N) is 2. The Balaban J connectivity index is 1.17. The van der Waals surface area contributed by atoms with Crippen molar-refractivity contribution in [3.8, 4) is 5.75 Å². The van der Waals surface area contributed by atoms with Gasteiger partial charge in [0, 0.05) is 29.2 Å². The molecule has 0 radical (unpaired) electrons. The number of nitrogens with one attached hydrogen (secondary N) is 1. The fourth-order valence-electron chi connectivity index (χ4n) is 4.31. The number of carbonyl (C=O) groups excluding carboxylic acids is 2. The van der Waals surface area contributed by atoms with E-state index < -0.39 is 0 Å². The van der Waals surface area contributed by atoms with Crippen LogP contribution in [0, 0.1) is 0 Å². The summed E-state index contributed by atoms with van der Waals surface area (Å²) >= 11 is 0. The number of phenolic OH excluding ortho intramolecular Hbond substituents is 1. The third-order valence-corrected chi connectivity index (χ3v) is 6.12. The highest BCUT2D eigenvalue weighted by molar-refractivity contribution is 6.02. The lowest BCUT2D eigenvalue weighted by Gasteiger charge is -2.29. The summed E-state index contributed by atoms with van der Waals surface area (Å²) in [5.74, 6) is -0.800. The number of phenols is 1. The topological polar surface area (TPSA) is 101 Å². The smallest absolute Gasteiger partial charge is 0.338 e. The molecule has 5 rings (SSSR count). The number of aromatic nitrogens is 2. The van der Waals surface area contributed by atoms with Crippen LogP contribution in [0.25, 0.3) is 21.8 Å². The van der Waals surface area contributed by atoms with Crippen LogP contribution in [0.1, 0.15) is 46.4 Å². The van der Waals surface area contributed by atoms with Gasteiger partial charge in [-0.05, 0) is 56.0 Å². The summed E-state index contributed by atoms with van der Waals surface area (Å²) in [6.45, 7) is 0. The maximum absolute atomic E-state index is 12.7. The van der Waals surface area contributed by atoms with Gasteiger partial charge in [0.1, 0.15) is 11.6 Å². The Hall–Kier alpha value is -4.00. The summed E-state index contributed by atoms with van der Waals surface area (Å²) in [6.07, 6.45) is 5.79. The summed E-state index contributed by atoms with van der Waals surface area (Å²) in [6, 6.07) is 16.1. The van der Waals surface area contributed by atoms with E-state index in [0.717, 1.165) is 16.3 Å². The van der Waals surface area contributed by atoms with Gasteiger partial charge in [-0.3, -0.25) is 14.8 Å². The SMILES string of the molecule is O=C(OC1CCC(NC(=O)c2ccc3cccnc3c2O)CC1)c1ccc2cccnc2c1. The zero-order valence-electron chi connectivity index (χ0n) is 17.9. The van der Waals surface area contributed by atoms with Crippen molar-refractivity contribution in [3.05, 3.63) is 78.1 Å². The standard InChI is InChI=1S/C26H23N3O4/c30-24-21(12-7-17-4-2-14-28-23(17)24)25(31)29-19-8-10-20(11-9-19)33-26(32)18-6-5-16-3-1-13-27-22(16)15-18/h1-7,12-15,19-20,30H,8-11H2,(H,29,31). The lowest BCUT2D eigenvalue weighted by atomic mass is 9.92. The third-order valence-electron chi connectivity index (χ3n) is 6.12. The van der Waals surface area contributed by atoms with Crippen molar-refractivity contribution >= 4 is 33.7 Å². The van der Waals surface area contributed by atoms with Crippen LogP contribution in [-0.2, 0) is 4.74 Å². The zero-order chi connectivity index (χ0) is 22.8. The van der Waals surface area contributed by atoms with Crippen molar-refractivity contribution in [2.75, 3.05) is 0 Å². The van der Waals surface area contributed by atoms with Crippen LogP contribution in [0.3, 0.4) is 0 Å². The molecule has 0 atom stereocenters. The number of rotatable bonds is 4. The predicted molar refractivity (Wildman–Crippen MR) is 124 cm³/mol. The zero-order valence-corrected chi connectivity index (χ0v) is 17.9. The molecule has 1 aliphatic rings. The van der Waals surface area contributed by atoms with Gasteiger partial charge in [-0.25, -0.2) is 4.79 Å². The summed E-state index contributed by atoms with van der Waals surface area (Å²) in [4.78, 5) is 33.8. The number of hydrogen-bond donors (Lipinski definition) is 2. The molecule has 33 heavy (non-hydrogen) atoms. The number of esters is 1. The fraction of sp³-hybridized carbons (Fsp3) is 0.231. The Morgan fingerprint density at radius 1 is 0.909 bits per heavy atom. The van der Waals surface area contributed by atoms with Crippen LogP contribution >= 0.6 is 0 Å². The molecule has 7 heteroatoms. The molecule has 1 aliphatic carbocycles. The van der Waals surface area contributed by atoms with Crippen LogP contribution in [-0.4, -0.2) is 39.1 Å². The van der Waals surface area contributed by atoms with Crippen LogP contribution < -0.4 is 5.32 Å². The highest BCUT2D eigenvalue weighted by Crippen LogP contribution is 2.28. The predicted octanol–water partition coefficient (Wildman–Crippen LogP) is 4.39. The molecule has 1 saturated carbocycles. The maximum atomic E-state index is 12.7. The minimum atomic E-state index is -0.358. The fourth-order valence-corrected chi connectivity index (χ4v) is 4.31. The lowest BCUT2D eigenvalue weighted by molar-refractivity contribution is 0.0184. The van der Waals surface area contributed by atoms with Crippen LogP contribution in [0.2, 0.25) is 0 Å². The van der Waals surface area contributed by atoms with E-state index in [0.29, 0.717) is 36.8 Å². The first-order valence-electron chi connectivity index (χ1n) is 11.0. The van der Waals surface area contributed by atoms with Gasteiger partial charge in [0.15, 0.2) is 5.75 Å². The minimum Gasteiger partial charge on any atom is -0.505 e. The van der Waals surface area contributed by atoms with Crippen LogP contribution in [0.15, 0.2) is 67.0 Å². The second-order valence-corrected chi connectivity index (χ2v) is 8.30. The van der Waals surface area contributed by atoms with E-state index >= 15 is 0 Å². The van der Waals surface area contributed by atoms with E-state index in [9.17, 15) is 14.7 Å². The van der Waals surface area contributed by atoms with E-state index in [1.807, 2.05) is 24.3 Å². The Bertz CT molecular complexity index is 1350. The molecule has 0 aliphatic heterocycles. The van der Waals surface area contributed by atoms with E-state index in [1.54, 1.807) is 42.7 Å². The molecule has 2 aromatic carbocycles. The summed E-state index contributed by atoms with van der Waals surface area (Å²) in [5.41, 5.74) is 1.85. The van der Waals surface area contributed by atoms with Crippen molar-refractivity contribution in [3.63, 3.8) is 0 Å². The lowest BCUT2D eigenvalue weighted by Crippen LogP contribution is -2.39. The summed E-state index contributed by atoms with van der Waals surface area (Å²) in [7, 11) is 0. The van der Waals surface area contributed by atoms with Crippen molar-refractivity contribution < 1.29 is 19.4 Å². The normalized spacial score (nSPS) is 18.2. The molecule has 0 saturated heterocycles. The van der Waals surface area contributed by atoms with Gasteiger partial charge in [0.25, 0.3) is 5.91 Å². The first-order chi connectivity index (χ1) is 16.1. The molecule has 1 fully saturated rings. The number of amides is 1. The molecular formula is C26H23N3O4. The van der Waals surface area contributed by atoms with E-state index in [4.69, 9.17) is 4.74 Å². The molecule has 166 valence electrons. The molecular weight excluding hydrogens is 418 g/mol. The number of benzene rings is 2. The molecule has 0 bridgehead atoms. The molecule has 2 aromatic heterocycles. The average Bonchev–Trinajstić information content (AvgIpc) is 2.85. The number of aromatic hydroxyl groups is 1. The first kappa shape index (κ1) is 20.9. The number of ether oxygens (including phenoxy) is 1. The average molecular weight is 441 g/mol. The number of pyridine rings is 2. The van der Waals surface area contributed by atoms with Gasteiger partial charge < -0.3 is 15.2 Å².